The van der Waals surface area contributed by atoms with Gasteiger partial charge >= 0.3 is 0 Å². The van der Waals surface area contributed by atoms with E-state index in [2.05, 4.69) is 20.8 Å². The van der Waals surface area contributed by atoms with E-state index in [-0.39, 0.29) is 11.2 Å². The summed E-state index contributed by atoms with van der Waals surface area (Å²) in [6.45, 7) is 6.33. The molecular weight excluding hydrogens is 207 g/mol. The molecule has 0 saturated carbocycles. The molecule has 0 bridgehead atoms. The fourth-order valence-corrected chi connectivity index (χ4v) is 2.99. The van der Waals surface area contributed by atoms with Crippen molar-refractivity contribution in [1.29, 1.82) is 0 Å². The van der Waals surface area contributed by atoms with Crippen LogP contribution in [0.25, 0.3) is 0 Å². The molecule has 0 spiro atoms. The largest absolute Gasteiger partial charge is 0.204 e. The van der Waals surface area contributed by atoms with Crippen molar-refractivity contribution in [3.05, 3.63) is 21.1 Å². The first-order valence-electron chi connectivity index (χ1n) is 4.42. The van der Waals surface area contributed by atoms with Gasteiger partial charge in [-0.2, -0.15) is 0 Å². The third-order valence-electron chi connectivity index (χ3n) is 2.18. The predicted octanol–water partition coefficient (Wildman–Crippen LogP) is 4.62. The molecule has 0 unspecified atom stereocenters. The summed E-state index contributed by atoms with van der Waals surface area (Å²) in [6.07, 6.45) is 2.12. The Morgan fingerprint density at radius 1 is 1.54 bits per heavy atom. The molecule has 0 aromatic carbocycles. The van der Waals surface area contributed by atoms with Crippen LogP contribution in [0.5, 0.6) is 0 Å². The van der Waals surface area contributed by atoms with Crippen LogP contribution in [0.15, 0.2) is 5.38 Å². The van der Waals surface area contributed by atoms with Crippen molar-refractivity contribution in [2.75, 3.05) is 0 Å². The molecule has 1 rings (SSSR count). The average molecular weight is 221 g/mol. The third kappa shape index (κ3) is 2.23. The van der Waals surface area contributed by atoms with Crippen molar-refractivity contribution in [2.24, 2.45) is 0 Å². The maximum atomic E-state index is 13.0. The van der Waals surface area contributed by atoms with E-state index in [9.17, 15) is 4.39 Å². The Labute approximate surface area is 87.7 Å². The van der Waals surface area contributed by atoms with Gasteiger partial charge in [-0.05, 0) is 6.42 Å². The molecule has 3 heteroatoms. The van der Waals surface area contributed by atoms with Crippen LogP contribution >= 0.6 is 22.9 Å². The van der Waals surface area contributed by atoms with Gasteiger partial charge in [0.05, 0.1) is 5.02 Å². The van der Waals surface area contributed by atoms with Crippen molar-refractivity contribution in [3.8, 4) is 0 Å². The minimum absolute atomic E-state index is 0.000833. The summed E-state index contributed by atoms with van der Waals surface area (Å²) >= 11 is 7.28. The Bertz CT molecular complexity index is 291. The van der Waals surface area contributed by atoms with Crippen molar-refractivity contribution in [1.82, 2.24) is 0 Å². The smallest absolute Gasteiger partial charge is 0.152 e. The lowest BCUT2D eigenvalue weighted by Crippen LogP contribution is -2.15. The average Bonchev–Trinajstić information content (AvgIpc) is 2.33. The van der Waals surface area contributed by atoms with Crippen LogP contribution < -0.4 is 0 Å². The van der Waals surface area contributed by atoms with E-state index in [1.165, 1.54) is 16.7 Å². The van der Waals surface area contributed by atoms with E-state index in [0.29, 0.717) is 5.02 Å². The number of thiophene rings is 1. The molecule has 0 aliphatic rings. The van der Waals surface area contributed by atoms with E-state index in [1.54, 1.807) is 0 Å². The van der Waals surface area contributed by atoms with E-state index in [0.717, 1.165) is 17.7 Å². The number of halogens is 2. The molecule has 13 heavy (non-hydrogen) atoms. The van der Waals surface area contributed by atoms with Crippen LogP contribution in [-0.2, 0) is 5.41 Å². The minimum atomic E-state index is -0.286. The van der Waals surface area contributed by atoms with Gasteiger partial charge in [0.15, 0.2) is 5.82 Å². The lowest BCUT2D eigenvalue weighted by atomic mass is 9.86. The maximum Gasteiger partial charge on any atom is 0.152 e. The van der Waals surface area contributed by atoms with E-state index < -0.39 is 0 Å². The summed E-state index contributed by atoms with van der Waals surface area (Å²) in [5, 5.41) is 1.79. The van der Waals surface area contributed by atoms with Crippen molar-refractivity contribution >= 4 is 22.9 Å². The topological polar surface area (TPSA) is 0 Å². The molecule has 1 aromatic heterocycles. The monoisotopic (exact) mass is 220 g/mol. The van der Waals surface area contributed by atoms with Gasteiger partial charge in [-0.25, -0.2) is 4.39 Å². The molecule has 0 saturated heterocycles. The fourth-order valence-electron chi connectivity index (χ4n) is 1.52. The normalized spacial score (nSPS) is 12.1. The van der Waals surface area contributed by atoms with E-state index in [1.807, 2.05) is 0 Å². The fraction of sp³-hybridized carbons (Fsp3) is 0.600. The highest BCUT2D eigenvalue weighted by Gasteiger charge is 2.25. The summed E-state index contributed by atoms with van der Waals surface area (Å²) in [4.78, 5) is 0.966. The van der Waals surface area contributed by atoms with Crippen LogP contribution in [0.3, 0.4) is 0 Å². The zero-order valence-electron chi connectivity index (χ0n) is 8.16. The molecule has 0 amide bonds. The summed E-state index contributed by atoms with van der Waals surface area (Å²) in [7, 11) is 0. The first-order chi connectivity index (χ1) is 5.99. The van der Waals surface area contributed by atoms with E-state index >= 15 is 0 Å². The second-order valence-corrected chi connectivity index (χ2v) is 5.12. The quantitative estimate of drug-likeness (QED) is 0.698. The molecule has 0 aliphatic heterocycles. The molecular formula is C10H14ClFS. The first-order valence-corrected chi connectivity index (χ1v) is 5.67. The van der Waals surface area contributed by atoms with Gasteiger partial charge in [-0.3, -0.25) is 0 Å². The van der Waals surface area contributed by atoms with Crippen LogP contribution in [0.4, 0.5) is 4.39 Å². The zero-order valence-corrected chi connectivity index (χ0v) is 9.73. The Hall–Kier alpha value is -0.0800. The molecule has 74 valence electrons. The number of rotatable bonds is 3. The molecule has 0 radical (unpaired) electrons. The van der Waals surface area contributed by atoms with Gasteiger partial charge in [0.25, 0.3) is 0 Å². The number of hydrogen-bond donors (Lipinski definition) is 0. The number of hydrogen-bond acceptors (Lipinski definition) is 1. The van der Waals surface area contributed by atoms with Crippen molar-refractivity contribution in [2.45, 2.75) is 39.0 Å². The van der Waals surface area contributed by atoms with Gasteiger partial charge in [0.2, 0.25) is 0 Å². The summed E-state index contributed by atoms with van der Waals surface area (Å²) < 4.78 is 13.0. The second-order valence-electron chi connectivity index (χ2n) is 3.86. The lowest BCUT2D eigenvalue weighted by molar-refractivity contribution is 0.480. The minimum Gasteiger partial charge on any atom is -0.204 e. The molecule has 1 heterocycles. The highest BCUT2D eigenvalue weighted by molar-refractivity contribution is 7.10. The van der Waals surface area contributed by atoms with E-state index in [4.69, 9.17) is 11.6 Å². The van der Waals surface area contributed by atoms with Gasteiger partial charge in [0, 0.05) is 15.7 Å². The van der Waals surface area contributed by atoms with Crippen molar-refractivity contribution < 1.29 is 4.39 Å². The first kappa shape index (κ1) is 11.0. The predicted molar refractivity (Wildman–Crippen MR) is 57.2 cm³/mol. The van der Waals surface area contributed by atoms with Crippen LogP contribution in [-0.4, -0.2) is 0 Å². The van der Waals surface area contributed by atoms with Crippen LogP contribution in [0, 0.1) is 5.82 Å². The summed E-state index contributed by atoms with van der Waals surface area (Å²) in [6, 6.07) is 0. The molecule has 0 aliphatic carbocycles. The van der Waals surface area contributed by atoms with Gasteiger partial charge in [0.1, 0.15) is 0 Å². The highest BCUT2D eigenvalue weighted by Crippen LogP contribution is 2.39. The summed E-state index contributed by atoms with van der Waals surface area (Å²) in [5.74, 6) is -0.286. The molecule has 0 atom stereocenters. The van der Waals surface area contributed by atoms with Crippen LogP contribution in [0.2, 0.25) is 5.02 Å². The van der Waals surface area contributed by atoms with Crippen LogP contribution in [0.1, 0.15) is 38.5 Å². The van der Waals surface area contributed by atoms with Gasteiger partial charge in [-0.15, -0.1) is 11.3 Å². The SMILES string of the molecule is CCCC(C)(C)c1scc(F)c1Cl. The highest BCUT2D eigenvalue weighted by atomic mass is 35.5. The second kappa shape index (κ2) is 3.97. The molecule has 0 nitrogen and oxygen atoms in total. The maximum absolute atomic E-state index is 13.0. The van der Waals surface area contributed by atoms with Gasteiger partial charge in [-0.1, -0.05) is 38.8 Å². The Balaban J connectivity index is 2.99. The Morgan fingerprint density at radius 3 is 2.54 bits per heavy atom. The molecule has 1 aromatic rings. The molecule has 0 N–H and O–H groups in total. The van der Waals surface area contributed by atoms with Gasteiger partial charge < -0.3 is 0 Å². The molecule has 0 fully saturated rings. The Kier molecular flexibility index (Phi) is 3.36. The lowest BCUT2D eigenvalue weighted by Gasteiger charge is -2.22. The third-order valence-corrected chi connectivity index (χ3v) is 3.98. The summed E-state index contributed by atoms with van der Waals surface area (Å²) in [5.41, 5.74) is 0.000833. The van der Waals surface area contributed by atoms with Crippen molar-refractivity contribution in [3.63, 3.8) is 0 Å². The zero-order chi connectivity index (χ0) is 10.1. The Morgan fingerprint density at radius 2 is 2.15 bits per heavy atom. The standard InChI is InChI=1S/C10H14ClFS/c1-4-5-10(2,3)9-8(11)7(12)6-13-9/h6H,4-5H2,1-3H3.